The molecule has 0 bridgehead atoms. The fraction of sp³-hybridized carbons (Fsp3) is 0.762. The van der Waals surface area contributed by atoms with Gasteiger partial charge in [-0.25, -0.2) is 4.79 Å². The van der Waals surface area contributed by atoms with Crippen LogP contribution in [-0.2, 0) is 24.0 Å². The number of carbonyl (C=O) groups is 5. The highest BCUT2D eigenvalue weighted by Crippen LogP contribution is 2.07. The average molecular weight is 521 g/mol. The zero-order valence-corrected chi connectivity index (χ0v) is 21.0. The molecule has 0 aromatic rings. The van der Waals surface area contributed by atoms with Crippen LogP contribution in [0.25, 0.3) is 0 Å². The van der Waals surface area contributed by atoms with Crippen LogP contribution in [0.4, 0.5) is 0 Å². The summed E-state index contributed by atoms with van der Waals surface area (Å²) >= 11 is 1.48. The molecule has 0 saturated carbocycles. The zero-order chi connectivity index (χ0) is 26.8. The highest BCUT2D eigenvalue weighted by molar-refractivity contribution is 7.98. The zero-order valence-electron chi connectivity index (χ0n) is 20.2. The van der Waals surface area contributed by atoms with Crippen molar-refractivity contribution in [3.8, 4) is 0 Å². The maximum absolute atomic E-state index is 12.9. The van der Waals surface area contributed by atoms with Gasteiger partial charge in [0, 0.05) is 0 Å². The maximum atomic E-state index is 12.9. The first-order chi connectivity index (χ1) is 16.6. The summed E-state index contributed by atoms with van der Waals surface area (Å²) in [5, 5.41) is 25.8. The summed E-state index contributed by atoms with van der Waals surface area (Å²) in [5.41, 5.74) is 16.7. The molecule has 0 aliphatic heterocycles. The Bertz CT molecular complexity index is 697. The lowest BCUT2D eigenvalue weighted by Crippen LogP contribution is -2.57. The minimum atomic E-state index is -1.47. The van der Waals surface area contributed by atoms with Crippen molar-refractivity contribution in [1.82, 2.24) is 16.0 Å². The Morgan fingerprint density at radius 2 is 1.23 bits per heavy atom. The SMILES string of the molecule is CSCCC(N)C(=O)NC(CC(=O)O)C(=O)NC(CCCCN)C(=O)NC(CCCCN)C(=O)O. The van der Waals surface area contributed by atoms with Gasteiger partial charge in [0.2, 0.25) is 17.7 Å². The molecule has 4 unspecified atom stereocenters. The number of unbranched alkanes of at least 4 members (excludes halogenated alkanes) is 2. The van der Waals surface area contributed by atoms with E-state index in [9.17, 15) is 34.2 Å². The number of nitrogens with one attached hydrogen (secondary N) is 3. The van der Waals surface area contributed by atoms with Gasteiger partial charge in [0.05, 0.1) is 12.5 Å². The summed E-state index contributed by atoms with van der Waals surface area (Å²) in [6, 6.07) is -4.72. The first-order valence-corrected chi connectivity index (χ1v) is 13.0. The van der Waals surface area contributed by atoms with Gasteiger partial charge in [0.1, 0.15) is 18.1 Å². The molecule has 11 N–H and O–H groups in total. The molecule has 0 aliphatic carbocycles. The molecular weight excluding hydrogens is 480 g/mol. The van der Waals surface area contributed by atoms with Crippen LogP contribution in [0, 0.1) is 0 Å². The van der Waals surface area contributed by atoms with Crippen LogP contribution in [-0.4, -0.2) is 89.1 Å². The second-order valence-electron chi connectivity index (χ2n) is 8.08. The Kier molecular flexibility index (Phi) is 17.5. The Balaban J connectivity index is 5.45. The van der Waals surface area contributed by atoms with E-state index in [-0.39, 0.29) is 12.8 Å². The first-order valence-electron chi connectivity index (χ1n) is 11.6. The normalized spacial score (nSPS) is 14.3. The lowest BCUT2D eigenvalue weighted by molar-refractivity contribution is -0.143. The van der Waals surface area contributed by atoms with Crippen molar-refractivity contribution >= 4 is 41.4 Å². The van der Waals surface area contributed by atoms with E-state index in [1.54, 1.807) is 0 Å². The summed E-state index contributed by atoms with van der Waals surface area (Å²) in [7, 11) is 0. The number of rotatable bonds is 20. The van der Waals surface area contributed by atoms with E-state index in [1.807, 2.05) is 6.26 Å². The number of hydrogen-bond acceptors (Lipinski definition) is 9. The minimum Gasteiger partial charge on any atom is -0.481 e. The second kappa shape index (κ2) is 18.9. The van der Waals surface area contributed by atoms with Crippen molar-refractivity contribution in [2.24, 2.45) is 17.2 Å². The maximum Gasteiger partial charge on any atom is 0.326 e. The third-order valence-corrected chi connectivity index (χ3v) is 5.77. The molecule has 0 heterocycles. The molecule has 14 heteroatoms. The van der Waals surface area contributed by atoms with Gasteiger partial charge in [0.25, 0.3) is 0 Å². The van der Waals surface area contributed by atoms with Gasteiger partial charge in [-0.2, -0.15) is 11.8 Å². The van der Waals surface area contributed by atoms with E-state index in [1.165, 1.54) is 11.8 Å². The summed E-state index contributed by atoms with van der Waals surface area (Å²) in [4.78, 5) is 60.9. The quantitative estimate of drug-likeness (QED) is 0.0844. The predicted octanol–water partition coefficient (Wildman–Crippen LogP) is -1.66. The van der Waals surface area contributed by atoms with Gasteiger partial charge in [0.15, 0.2) is 0 Å². The molecule has 35 heavy (non-hydrogen) atoms. The molecule has 3 amide bonds. The average Bonchev–Trinajstić information content (AvgIpc) is 2.80. The molecule has 0 rings (SSSR count). The largest absolute Gasteiger partial charge is 0.481 e. The van der Waals surface area contributed by atoms with Crippen LogP contribution in [0.3, 0.4) is 0 Å². The highest BCUT2D eigenvalue weighted by atomic mass is 32.2. The number of aliphatic carboxylic acids is 2. The minimum absolute atomic E-state index is 0.144. The monoisotopic (exact) mass is 520 g/mol. The molecule has 202 valence electrons. The molecule has 4 atom stereocenters. The molecule has 0 aliphatic rings. The molecule has 0 spiro atoms. The molecule has 13 nitrogen and oxygen atoms in total. The molecule has 0 aromatic heterocycles. The topological polar surface area (TPSA) is 240 Å². The highest BCUT2D eigenvalue weighted by Gasteiger charge is 2.31. The van der Waals surface area contributed by atoms with Crippen molar-refractivity contribution < 1.29 is 34.2 Å². The lowest BCUT2D eigenvalue weighted by atomic mass is 10.0. The van der Waals surface area contributed by atoms with E-state index in [0.29, 0.717) is 50.9 Å². The number of amides is 3. The van der Waals surface area contributed by atoms with Crippen molar-refractivity contribution in [3.63, 3.8) is 0 Å². The van der Waals surface area contributed by atoms with Gasteiger partial charge in [-0.15, -0.1) is 0 Å². The number of nitrogens with two attached hydrogens (primary N) is 3. The van der Waals surface area contributed by atoms with Gasteiger partial charge in [-0.3, -0.25) is 19.2 Å². The molecule has 0 fully saturated rings. The molecule has 0 aromatic carbocycles. The Morgan fingerprint density at radius 1 is 0.743 bits per heavy atom. The smallest absolute Gasteiger partial charge is 0.326 e. The van der Waals surface area contributed by atoms with Gasteiger partial charge in [-0.05, 0) is 70.0 Å². The number of carbonyl (C=O) groups excluding carboxylic acids is 3. The fourth-order valence-electron chi connectivity index (χ4n) is 3.09. The third kappa shape index (κ3) is 14.5. The number of thioether (sulfide) groups is 1. The Hall–Kier alpha value is -2.42. The molecule has 0 radical (unpaired) electrons. The van der Waals surface area contributed by atoms with Crippen LogP contribution >= 0.6 is 11.8 Å². The lowest BCUT2D eigenvalue weighted by Gasteiger charge is -2.24. The third-order valence-electron chi connectivity index (χ3n) is 5.12. The van der Waals surface area contributed by atoms with E-state index < -0.39 is 60.2 Å². The predicted molar refractivity (Wildman–Crippen MR) is 132 cm³/mol. The summed E-state index contributed by atoms with van der Waals surface area (Å²) in [6.45, 7) is 0.737. The van der Waals surface area contributed by atoms with E-state index in [2.05, 4.69) is 16.0 Å². The van der Waals surface area contributed by atoms with Gasteiger partial charge in [-0.1, -0.05) is 0 Å². The number of carboxylic acids is 2. The van der Waals surface area contributed by atoms with Crippen molar-refractivity contribution in [1.29, 1.82) is 0 Å². The van der Waals surface area contributed by atoms with E-state index in [0.717, 1.165) is 0 Å². The van der Waals surface area contributed by atoms with E-state index >= 15 is 0 Å². The Morgan fingerprint density at radius 3 is 1.71 bits per heavy atom. The van der Waals surface area contributed by atoms with Crippen LogP contribution in [0.5, 0.6) is 0 Å². The summed E-state index contributed by atoms with van der Waals surface area (Å²) in [6.07, 6.45) is 3.84. The standard InChI is InChI=1S/C21H40N6O7S/c1-35-11-8-13(24)18(30)27-16(12-17(28)29)20(32)25-14(6-2-4-9-22)19(31)26-15(21(33)34)7-3-5-10-23/h13-16H,2-12,22-24H2,1H3,(H,25,32)(H,26,31)(H,27,30)(H,28,29)(H,33,34). The van der Waals surface area contributed by atoms with Crippen LogP contribution in [0.15, 0.2) is 0 Å². The first kappa shape index (κ1) is 32.6. The summed E-state index contributed by atoms with van der Waals surface area (Å²) in [5.74, 6) is -4.26. The summed E-state index contributed by atoms with van der Waals surface area (Å²) < 4.78 is 0. The second-order valence-corrected chi connectivity index (χ2v) is 9.06. The van der Waals surface area contributed by atoms with Gasteiger partial charge >= 0.3 is 11.9 Å². The van der Waals surface area contributed by atoms with Crippen molar-refractivity contribution in [2.45, 2.75) is 75.5 Å². The van der Waals surface area contributed by atoms with E-state index in [4.69, 9.17) is 17.2 Å². The Labute approximate surface area is 209 Å². The fourth-order valence-corrected chi connectivity index (χ4v) is 3.58. The van der Waals surface area contributed by atoms with Crippen molar-refractivity contribution in [3.05, 3.63) is 0 Å². The number of carboxylic acid groups (broad SMARTS) is 2. The molecular formula is C21H40N6O7S. The van der Waals surface area contributed by atoms with Crippen LogP contribution in [0.2, 0.25) is 0 Å². The van der Waals surface area contributed by atoms with Crippen LogP contribution in [0.1, 0.15) is 51.4 Å². The van der Waals surface area contributed by atoms with Gasteiger partial charge < -0.3 is 43.4 Å². The molecule has 0 saturated heterocycles. The van der Waals surface area contributed by atoms with Crippen LogP contribution < -0.4 is 33.2 Å². The van der Waals surface area contributed by atoms with Crippen molar-refractivity contribution in [2.75, 3.05) is 25.1 Å². The number of hydrogen-bond donors (Lipinski definition) is 8.